The van der Waals surface area contributed by atoms with E-state index in [2.05, 4.69) is 48.0 Å². The predicted octanol–water partition coefficient (Wildman–Crippen LogP) is 2.49. The van der Waals surface area contributed by atoms with E-state index in [4.69, 9.17) is 13.3 Å². The fraction of sp³-hybridized carbons (Fsp3) is 0.529. The van der Waals surface area contributed by atoms with Gasteiger partial charge < -0.3 is 23.5 Å². The Kier molecular flexibility index (Phi) is 9.12. The first-order valence-electron chi connectivity index (χ1n) is 7.93. The molecule has 1 atom stereocenters. The quantitative estimate of drug-likeness (QED) is 0.593. The lowest BCUT2D eigenvalue weighted by Gasteiger charge is -2.35. The first-order chi connectivity index (χ1) is 11.1. The molecule has 0 aliphatic heterocycles. The van der Waals surface area contributed by atoms with Gasteiger partial charge in [-0.15, -0.1) is 0 Å². The van der Waals surface area contributed by atoms with Crippen molar-refractivity contribution in [2.75, 3.05) is 34.4 Å². The van der Waals surface area contributed by atoms with Crippen LogP contribution >= 0.6 is 0 Å². The van der Waals surface area contributed by atoms with E-state index >= 15 is 0 Å². The first-order valence-corrected chi connectivity index (χ1v) is 9.86. The summed E-state index contributed by atoms with van der Waals surface area (Å²) >= 11 is 0. The number of hydrogen-bond donors (Lipinski definition) is 1. The van der Waals surface area contributed by atoms with Crippen molar-refractivity contribution in [2.45, 2.75) is 25.6 Å². The molecule has 1 unspecified atom stereocenters. The Bertz CT molecular complexity index is 432. The average Bonchev–Trinajstić information content (AvgIpc) is 2.62. The van der Waals surface area contributed by atoms with Gasteiger partial charge in [0.25, 0.3) is 0 Å². The van der Waals surface area contributed by atoms with Crippen molar-refractivity contribution in [2.24, 2.45) is 0 Å². The minimum atomic E-state index is -2.66. The molecule has 0 aliphatic rings. The summed E-state index contributed by atoms with van der Waals surface area (Å²) in [5, 5.41) is 3.41. The summed E-state index contributed by atoms with van der Waals surface area (Å²) in [6.45, 7) is 8.61. The second-order valence-electron chi connectivity index (χ2n) is 5.30. The molecular weight excluding hydrogens is 308 g/mol. The zero-order chi connectivity index (χ0) is 17.1. The Morgan fingerprint density at radius 1 is 1.17 bits per heavy atom. The molecule has 5 nitrogen and oxygen atoms in total. The van der Waals surface area contributed by atoms with Crippen molar-refractivity contribution in [3.05, 3.63) is 48.7 Å². The van der Waals surface area contributed by atoms with Crippen LogP contribution in [-0.2, 0) is 19.8 Å². The van der Waals surface area contributed by atoms with Gasteiger partial charge in [0.05, 0.1) is 0 Å². The molecule has 0 saturated carbocycles. The number of rotatable bonds is 12. The highest BCUT2D eigenvalue weighted by Crippen LogP contribution is 2.20. The Balaban J connectivity index is 2.90. The molecule has 1 N–H and O–H groups in total. The summed E-state index contributed by atoms with van der Waals surface area (Å²) < 4.78 is 16.8. The van der Waals surface area contributed by atoms with E-state index in [9.17, 15) is 0 Å². The smallest absolute Gasteiger partial charge is 0.377 e. The number of benzene rings is 1. The Morgan fingerprint density at radius 2 is 1.78 bits per heavy atom. The molecule has 0 amide bonds. The summed E-state index contributed by atoms with van der Waals surface area (Å²) in [4.78, 5) is 2.22. The van der Waals surface area contributed by atoms with Crippen molar-refractivity contribution < 1.29 is 13.3 Å². The summed E-state index contributed by atoms with van der Waals surface area (Å²) in [5.74, 6) is 0. The summed E-state index contributed by atoms with van der Waals surface area (Å²) in [6, 6.07) is 11.2. The highest BCUT2D eigenvalue weighted by atomic mass is 28.4. The van der Waals surface area contributed by atoms with Crippen LogP contribution in [0.3, 0.4) is 0 Å². The van der Waals surface area contributed by atoms with Gasteiger partial charge in [0, 0.05) is 46.5 Å². The summed E-state index contributed by atoms with van der Waals surface area (Å²) in [7, 11) is 2.30. The van der Waals surface area contributed by atoms with Crippen LogP contribution in [0.5, 0.6) is 0 Å². The third-order valence-corrected chi connectivity index (χ3v) is 6.80. The Morgan fingerprint density at radius 3 is 2.26 bits per heavy atom. The SMILES string of the molecule is C=CN(Cc1ccccc1)C(CNCC)C[Si](OC)(OC)OC. The van der Waals surface area contributed by atoms with E-state index in [0.29, 0.717) is 6.04 Å². The highest BCUT2D eigenvalue weighted by Gasteiger charge is 2.41. The van der Waals surface area contributed by atoms with Gasteiger partial charge in [0.1, 0.15) is 0 Å². The maximum Gasteiger partial charge on any atom is 0.502 e. The molecule has 6 heteroatoms. The second kappa shape index (κ2) is 10.6. The zero-order valence-electron chi connectivity index (χ0n) is 14.7. The van der Waals surface area contributed by atoms with Crippen LogP contribution in [0.25, 0.3) is 0 Å². The molecule has 1 rings (SSSR count). The standard InChI is InChI=1S/C17H30N2O3Si/c1-6-18-13-17(15-23(20-3,21-4)22-5)19(7-2)14-16-11-9-8-10-12-16/h7-12,17-18H,2,6,13-15H2,1,3-5H3. The number of likely N-dealkylation sites (N-methyl/N-ethyl adjacent to an activating group) is 1. The topological polar surface area (TPSA) is 43.0 Å². The van der Waals surface area contributed by atoms with Crippen molar-refractivity contribution >= 4 is 8.80 Å². The third kappa shape index (κ3) is 6.08. The van der Waals surface area contributed by atoms with Crippen molar-refractivity contribution in [1.29, 1.82) is 0 Å². The normalized spacial score (nSPS) is 12.9. The van der Waals surface area contributed by atoms with Crippen LogP contribution in [0.2, 0.25) is 6.04 Å². The molecule has 0 aliphatic carbocycles. The molecule has 0 radical (unpaired) electrons. The monoisotopic (exact) mass is 338 g/mol. The number of hydrogen-bond acceptors (Lipinski definition) is 5. The van der Waals surface area contributed by atoms with Gasteiger partial charge in [-0.05, 0) is 18.3 Å². The fourth-order valence-corrected chi connectivity index (χ4v) is 4.50. The van der Waals surface area contributed by atoms with Gasteiger partial charge >= 0.3 is 8.80 Å². The lowest BCUT2D eigenvalue weighted by molar-refractivity contribution is 0.112. The predicted molar refractivity (Wildman–Crippen MR) is 96.1 cm³/mol. The minimum Gasteiger partial charge on any atom is -0.377 e. The molecule has 1 aromatic rings. The second-order valence-corrected chi connectivity index (χ2v) is 8.30. The maximum absolute atomic E-state index is 5.60. The van der Waals surface area contributed by atoms with Crippen molar-refractivity contribution in [3.8, 4) is 0 Å². The van der Waals surface area contributed by atoms with Gasteiger partial charge in [-0.3, -0.25) is 0 Å². The minimum absolute atomic E-state index is 0.180. The lowest BCUT2D eigenvalue weighted by atomic mass is 10.2. The number of nitrogens with zero attached hydrogens (tertiary/aromatic N) is 1. The molecule has 0 heterocycles. The molecular formula is C17H30N2O3Si. The first kappa shape index (κ1) is 19.9. The third-order valence-electron chi connectivity index (χ3n) is 3.96. The molecule has 23 heavy (non-hydrogen) atoms. The lowest BCUT2D eigenvalue weighted by Crippen LogP contribution is -2.51. The highest BCUT2D eigenvalue weighted by molar-refractivity contribution is 6.60. The van der Waals surface area contributed by atoms with Crippen LogP contribution in [0.4, 0.5) is 0 Å². The molecule has 1 aromatic carbocycles. The zero-order valence-corrected chi connectivity index (χ0v) is 15.7. The molecule has 0 aromatic heterocycles. The van der Waals surface area contributed by atoms with Crippen LogP contribution in [0.1, 0.15) is 12.5 Å². The van der Waals surface area contributed by atoms with Crippen LogP contribution in [-0.4, -0.2) is 54.2 Å². The summed E-state index contributed by atoms with van der Waals surface area (Å²) in [5.41, 5.74) is 1.24. The Hall–Kier alpha value is -1.18. The van der Waals surface area contributed by atoms with E-state index in [1.807, 2.05) is 12.3 Å². The van der Waals surface area contributed by atoms with Crippen LogP contribution in [0, 0.1) is 0 Å². The summed E-state index contributed by atoms with van der Waals surface area (Å²) in [6.07, 6.45) is 1.88. The fourth-order valence-electron chi connectivity index (χ4n) is 2.54. The van der Waals surface area contributed by atoms with Gasteiger partial charge in [-0.25, -0.2) is 0 Å². The van der Waals surface area contributed by atoms with Gasteiger partial charge in [-0.2, -0.15) is 0 Å². The molecule has 0 fully saturated rings. The molecule has 0 bridgehead atoms. The van der Waals surface area contributed by atoms with Gasteiger partial charge in [0.15, 0.2) is 0 Å². The largest absolute Gasteiger partial charge is 0.502 e. The van der Waals surface area contributed by atoms with E-state index in [-0.39, 0.29) is 6.04 Å². The molecule has 130 valence electrons. The van der Waals surface area contributed by atoms with Crippen LogP contribution < -0.4 is 5.32 Å². The van der Waals surface area contributed by atoms with E-state index in [1.165, 1.54) is 5.56 Å². The van der Waals surface area contributed by atoms with E-state index in [0.717, 1.165) is 19.6 Å². The number of nitrogens with one attached hydrogen (secondary N) is 1. The van der Waals surface area contributed by atoms with Gasteiger partial charge in [0.2, 0.25) is 0 Å². The Labute approximate surface area is 141 Å². The van der Waals surface area contributed by atoms with Gasteiger partial charge in [-0.1, -0.05) is 43.8 Å². The van der Waals surface area contributed by atoms with Crippen LogP contribution in [0.15, 0.2) is 43.1 Å². The molecule has 0 saturated heterocycles. The van der Waals surface area contributed by atoms with Crippen molar-refractivity contribution in [3.63, 3.8) is 0 Å². The average molecular weight is 339 g/mol. The maximum atomic E-state index is 5.60. The van der Waals surface area contributed by atoms with E-state index < -0.39 is 8.80 Å². The van der Waals surface area contributed by atoms with E-state index in [1.54, 1.807) is 21.3 Å². The van der Waals surface area contributed by atoms with Crippen molar-refractivity contribution in [1.82, 2.24) is 10.2 Å². The molecule has 0 spiro atoms.